The fraction of sp³-hybridized carbons (Fsp3) is 0.846. The Kier molecular flexibility index (Phi) is 24.2. The molecule has 0 N–H and O–H groups in total. The number of allylic oxidation sites excluding steroid dienone is 2. The summed E-state index contributed by atoms with van der Waals surface area (Å²) in [6.07, 6.45) is 26.5. The van der Waals surface area contributed by atoms with Gasteiger partial charge in [-0.15, -0.1) is 0 Å². The van der Waals surface area contributed by atoms with Crippen molar-refractivity contribution in [3.63, 3.8) is 0 Å². The van der Waals surface area contributed by atoms with E-state index in [1.54, 1.807) is 0 Å². The third-order valence-corrected chi connectivity index (χ3v) is 5.04. The van der Waals surface area contributed by atoms with Crippen LogP contribution in [0, 0.1) is 0 Å². The first-order valence-electron chi connectivity index (χ1n) is 12.4. The maximum Gasteiger partial charge on any atom is 0.180 e. The molecule has 0 radical (unpaired) electrons. The van der Waals surface area contributed by atoms with E-state index in [-0.39, 0.29) is 18.5 Å². The van der Waals surface area contributed by atoms with Crippen LogP contribution in [0.3, 0.4) is 0 Å². The van der Waals surface area contributed by atoms with Gasteiger partial charge in [0.05, 0.1) is 33.7 Å². The van der Waals surface area contributed by atoms with Crippen LogP contribution in [-0.2, 0) is 9.47 Å². The highest BCUT2D eigenvalue weighted by Crippen LogP contribution is 2.09. The van der Waals surface area contributed by atoms with Crippen molar-refractivity contribution < 1.29 is 26.4 Å². The molecule has 0 aromatic carbocycles. The van der Waals surface area contributed by atoms with Crippen LogP contribution in [0.1, 0.15) is 104 Å². The highest BCUT2D eigenvalue weighted by molar-refractivity contribution is 4.77. The summed E-state index contributed by atoms with van der Waals surface area (Å²) in [5.74, 6) is 0. The first-order chi connectivity index (χ1) is 14.0. The van der Waals surface area contributed by atoms with Crippen molar-refractivity contribution in [2.75, 3.05) is 34.3 Å². The lowest BCUT2D eigenvalue weighted by Crippen LogP contribution is -3.00. The van der Waals surface area contributed by atoms with Crippen molar-refractivity contribution in [2.24, 2.45) is 0 Å². The number of nitrogens with zero attached hydrogens (tertiary/aromatic N) is 1. The smallest absolute Gasteiger partial charge is 0.180 e. The van der Waals surface area contributed by atoms with Crippen LogP contribution in [0.2, 0.25) is 0 Å². The molecule has 4 heteroatoms. The molecule has 30 heavy (non-hydrogen) atoms. The van der Waals surface area contributed by atoms with E-state index in [1.165, 1.54) is 77.0 Å². The van der Waals surface area contributed by atoms with Gasteiger partial charge in [-0.05, 0) is 37.8 Å². The van der Waals surface area contributed by atoms with E-state index in [1.807, 2.05) is 12.5 Å². The second kappa shape index (κ2) is 23.0. The van der Waals surface area contributed by atoms with Gasteiger partial charge in [-0.1, -0.05) is 78.1 Å². The fourth-order valence-electron chi connectivity index (χ4n) is 3.36. The quantitative estimate of drug-likeness (QED) is 0.146. The summed E-state index contributed by atoms with van der Waals surface area (Å²) in [4.78, 5) is 0. The van der Waals surface area contributed by atoms with Crippen molar-refractivity contribution >= 4 is 0 Å². The SMILES string of the molecule is CCCCCCCC/C=C/OCC(C[N+](C)(C)C)O/C=C/CCCCCCCC.[Cl-]. The molecule has 3 nitrogen and oxygen atoms in total. The van der Waals surface area contributed by atoms with Crippen LogP contribution >= 0.6 is 0 Å². The molecule has 180 valence electrons. The maximum atomic E-state index is 5.99. The molecular weight excluding hydrogens is 394 g/mol. The molecule has 0 rings (SSSR count). The molecule has 0 amide bonds. The zero-order valence-corrected chi connectivity index (χ0v) is 21.6. The van der Waals surface area contributed by atoms with E-state index in [0.29, 0.717) is 6.61 Å². The maximum absolute atomic E-state index is 5.99. The highest BCUT2D eigenvalue weighted by atomic mass is 35.5. The molecule has 0 aromatic heterocycles. The molecular formula is C26H52ClNO2. The van der Waals surface area contributed by atoms with Crippen LogP contribution in [0.25, 0.3) is 0 Å². The minimum Gasteiger partial charge on any atom is -1.00 e. The summed E-state index contributed by atoms with van der Waals surface area (Å²) < 4.78 is 12.6. The van der Waals surface area contributed by atoms with E-state index in [2.05, 4.69) is 47.1 Å². The van der Waals surface area contributed by atoms with E-state index in [4.69, 9.17) is 9.47 Å². The first-order valence-corrected chi connectivity index (χ1v) is 12.4. The Bertz CT molecular complexity index is 391. The van der Waals surface area contributed by atoms with Crippen LogP contribution in [0.5, 0.6) is 0 Å². The molecule has 0 saturated carbocycles. The van der Waals surface area contributed by atoms with Gasteiger partial charge in [0.1, 0.15) is 13.2 Å². The predicted molar refractivity (Wildman–Crippen MR) is 128 cm³/mol. The van der Waals surface area contributed by atoms with E-state index >= 15 is 0 Å². The second-order valence-corrected chi connectivity index (χ2v) is 9.42. The van der Waals surface area contributed by atoms with E-state index in [0.717, 1.165) is 23.9 Å². The molecule has 0 fully saturated rings. The topological polar surface area (TPSA) is 18.5 Å². The van der Waals surface area contributed by atoms with Crippen LogP contribution < -0.4 is 12.4 Å². The number of unbranched alkanes of at least 4 members (excludes halogenated alkanes) is 12. The summed E-state index contributed by atoms with van der Waals surface area (Å²) in [6, 6.07) is 0. The number of likely N-dealkylation sites (N-methyl/N-ethyl adjacent to an activating group) is 1. The molecule has 1 unspecified atom stereocenters. The third kappa shape index (κ3) is 25.4. The fourth-order valence-corrected chi connectivity index (χ4v) is 3.36. The summed E-state index contributed by atoms with van der Waals surface area (Å²) in [5.41, 5.74) is 0. The number of rotatable bonds is 21. The lowest BCUT2D eigenvalue weighted by atomic mass is 10.1. The predicted octanol–water partition coefficient (Wildman–Crippen LogP) is 4.63. The highest BCUT2D eigenvalue weighted by Gasteiger charge is 2.18. The number of halogens is 1. The molecule has 0 bridgehead atoms. The Morgan fingerprint density at radius 2 is 1.13 bits per heavy atom. The molecule has 0 heterocycles. The normalized spacial score (nSPS) is 13.0. The van der Waals surface area contributed by atoms with Gasteiger partial charge in [-0.3, -0.25) is 0 Å². The van der Waals surface area contributed by atoms with Crippen molar-refractivity contribution in [3.05, 3.63) is 24.7 Å². The summed E-state index contributed by atoms with van der Waals surface area (Å²) in [6.45, 7) is 6.08. The Labute approximate surface area is 195 Å². The molecule has 1 atom stereocenters. The van der Waals surface area contributed by atoms with E-state index in [9.17, 15) is 0 Å². The van der Waals surface area contributed by atoms with Gasteiger partial charge in [-0.2, -0.15) is 0 Å². The molecule has 0 aromatic rings. The standard InChI is InChI=1S/C26H52NO2.ClH/c1-6-8-10-12-14-16-18-20-22-28-25-26(24-27(3,4)5)29-23-21-19-17-15-13-11-9-7-2;/h20-23,26H,6-19,24-25H2,1-5H3;1H/q+1;/p-1/b22-20+,23-21+;. The van der Waals surface area contributed by atoms with Crippen LogP contribution in [-0.4, -0.2) is 44.9 Å². The summed E-state index contributed by atoms with van der Waals surface area (Å²) in [5, 5.41) is 0. The summed E-state index contributed by atoms with van der Waals surface area (Å²) >= 11 is 0. The first kappa shape index (κ1) is 31.5. The van der Waals surface area contributed by atoms with Gasteiger partial charge in [0, 0.05) is 0 Å². The number of ether oxygens (including phenoxy) is 2. The Balaban J connectivity index is 0. The van der Waals surface area contributed by atoms with Gasteiger partial charge < -0.3 is 26.4 Å². The zero-order valence-electron chi connectivity index (χ0n) is 20.8. The third-order valence-electron chi connectivity index (χ3n) is 5.04. The number of hydrogen-bond acceptors (Lipinski definition) is 2. The van der Waals surface area contributed by atoms with Gasteiger partial charge >= 0.3 is 0 Å². The van der Waals surface area contributed by atoms with Gasteiger partial charge in [0.15, 0.2) is 6.10 Å². The minimum atomic E-state index is 0. The Morgan fingerprint density at radius 3 is 1.63 bits per heavy atom. The molecule has 0 saturated heterocycles. The van der Waals surface area contributed by atoms with Crippen LogP contribution in [0.15, 0.2) is 24.7 Å². The monoisotopic (exact) mass is 445 g/mol. The van der Waals surface area contributed by atoms with Gasteiger partial charge in [-0.25, -0.2) is 0 Å². The zero-order chi connectivity index (χ0) is 21.6. The van der Waals surface area contributed by atoms with Crippen LogP contribution in [0.4, 0.5) is 0 Å². The number of hydrogen-bond donors (Lipinski definition) is 0. The number of quaternary nitrogens is 1. The van der Waals surface area contributed by atoms with Gasteiger partial charge in [0.25, 0.3) is 0 Å². The van der Waals surface area contributed by atoms with Crippen molar-refractivity contribution in [3.8, 4) is 0 Å². The largest absolute Gasteiger partial charge is 1.00 e. The summed E-state index contributed by atoms with van der Waals surface area (Å²) in [7, 11) is 6.60. The van der Waals surface area contributed by atoms with Crippen molar-refractivity contribution in [1.82, 2.24) is 0 Å². The Hall–Kier alpha value is -0.670. The molecule has 0 aliphatic heterocycles. The van der Waals surface area contributed by atoms with Gasteiger partial charge in [0.2, 0.25) is 0 Å². The average molecular weight is 446 g/mol. The Morgan fingerprint density at radius 1 is 0.667 bits per heavy atom. The molecule has 0 aliphatic rings. The van der Waals surface area contributed by atoms with Crippen molar-refractivity contribution in [2.45, 2.75) is 110 Å². The lowest BCUT2D eigenvalue weighted by Gasteiger charge is -2.28. The molecule has 0 aliphatic carbocycles. The van der Waals surface area contributed by atoms with Crippen molar-refractivity contribution in [1.29, 1.82) is 0 Å². The second-order valence-electron chi connectivity index (χ2n) is 9.42. The minimum absolute atomic E-state index is 0. The average Bonchev–Trinajstić information content (AvgIpc) is 2.66. The van der Waals surface area contributed by atoms with E-state index < -0.39 is 0 Å². The lowest BCUT2D eigenvalue weighted by molar-refractivity contribution is -0.873. The molecule has 0 spiro atoms.